The van der Waals surface area contributed by atoms with Gasteiger partial charge in [0.05, 0.1) is 16.3 Å². The van der Waals surface area contributed by atoms with Crippen LogP contribution in [0.5, 0.6) is 0 Å². The average molecular weight is 313 g/mol. The Morgan fingerprint density at radius 2 is 2.14 bits per heavy atom. The summed E-state index contributed by atoms with van der Waals surface area (Å²) in [5, 5.41) is 12.5. The van der Waals surface area contributed by atoms with E-state index in [1.54, 1.807) is 36.4 Å². The minimum atomic E-state index is 0.0896. The first-order valence-corrected chi connectivity index (χ1v) is 7.71. The molecule has 1 aliphatic carbocycles. The van der Waals surface area contributed by atoms with Crippen molar-refractivity contribution < 1.29 is 0 Å². The summed E-state index contributed by atoms with van der Waals surface area (Å²) in [6.07, 6.45) is 4.10. The van der Waals surface area contributed by atoms with Gasteiger partial charge in [-0.15, -0.1) is 11.3 Å². The van der Waals surface area contributed by atoms with E-state index in [0.717, 1.165) is 10.7 Å². The highest BCUT2D eigenvalue weighted by Crippen LogP contribution is 2.41. The SMILES string of the molecule is CN(C)c1nc(N)nc(/C(C#N)=C\c2csc(C3CC3)n2)n1. The van der Waals surface area contributed by atoms with Crippen molar-refractivity contribution in [3.8, 4) is 6.07 Å². The van der Waals surface area contributed by atoms with Crippen molar-refractivity contribution in [1.82, 2.24) is 19.9 Å². The van der Waals surface area contributed by atoms with Gasteiger partial charge in [0.1, 0.15) is 6.07 Å². The van der Waals surface area contributed by atoms with Gasteiger partial charge in [0, 0.05) is 25.4 Å². The molecule has 0 saturated heterocycles. The third kappa shape index (κ3) is 3.04. The Morgan fingerprint density at radius 1 is 1.36 bits per heavy atom. The van der Waals surface area contributed by atoms with Gasteiger partial charge in [-0.3, -0.25) is 0 Å². The van der Waals surface area contributed by atoms with Gasteiger partial charge in [0.15, 0.2) is 5.82 Å². The van der Waals surface area contributed by atoms with Crippen molar-refractivity contribution in [3.63, 3.8) is 0 Å². The Balaban J connectivity index is 1.95. The molecule has 0 spiro atoms. The topological polar surface area (TPSA) is 105 Å². The van der Waals surface area contributed by atoms with Crippen molar-refractivity contribution in [2.75, 3.05) is 24.7 Å². The van der Waals surface area contributed by atoms with Crippen LogP contribution in [0.3, 0.4) is 0 Å². The summed E-state index contributed by atoms with van der Waals surface area (Å²) in [4.78, 5) is 18.6. The highest BCUT2D eigenvalue weighted by atomic mass is 32.1. The van der Waals surface area contributed by atoms with Crippen molar-refractivity contribution in [3.05, 3.63) is 21.9 Å². The molecule has 1 aliphatic rings. The number of rotatable bonds is 4. The number of allylic oxidation sites excluding steroid dienone is 1. The predicted molar refractivity (Wildman–Crippen MR) is 86.1 cm³/mol. The maximum atomic E-state index is 9.39. The van der Waals surface area contributed by atoms with Crippen LogP contribution >= 0.6 is 11.3 Å². The largest absolute Gasteiger partial charge is 0.368 e. The molecule has 1 fully saturated rings. The first-order chi connectivity index (χ1) is 10.6. The number of hydrogen-bond acceptors (Lipinski definition) is 8. The van der Waals surface area contributed by atoms with Gasteiger partial charge in [-0.05, 0) is 18.9 Å². The lowest BCUT2D eigenvalue weighted by Gasteiger charge is -2.10. The fourth-order valence-electron chi connectivity index (χ4n) is 1.88. The molecule has 0 atom stereocenters. The molecule has 3 rings (SSSR count). The molecule has 2 aromatic heterocycles. The highest BCUT2D eigenvalue weighted by Gasteiger charge is 2.26. The number of anilines is 2. The van der Waals surface area contributed by atoms with Gasteiger partial charge in [-0.2, -0.15) is 20.2 Å². The summed E-state index contributed by atoms with van der Waals surface area (Å²) in [5.41, 5.74) is 6.78. The molecule has 2 N–H and O–H groups in total. The molecular formula is C14H15N7S. The van der Waals surface area contributed by atoms with Crippen LogP contribution in [0.25, 0.3) is 11.6 Å². The monoisotopic (exact) mass is 313 g/mol. The molecule has 8 heteroatoms. The number of nitrogen functional groups attached to an aromatic ring is 1. The van der Waals surface area contributed by atoms with Crippen LogP contribution in [0.15, 0.2) is 5.38 Å². The third-order valence-corrected chi connectivity index (χ3v) is 4.19. The number of aromatic nitrogens is 4. The van der Waals surface area contributed by atoms with E-state index in [-0.39, 0.29) is 11.8 Å². The molecular weight excluding hydrogens is 298 g/mol. The Bertz CT molecular complexity index is 768. The van der Waals surface area contributed by atoms with Crippen LogP contribution < -0.4 is 10.6 Å². The first kappa shape index (κ1) is 14.4. The summed E-state index contributed by atoms with van der Waals surface area (Å²) in [5.74, 6) is 1.37. The molecule has 2 heterocycles. The van der Waals surface area contributed by atoms with E-state index in [9.17, 15) is 5.26 Å². The van der Waals surface area contributed by atoms with Crippen LogP contribution in [-0.4, -0.2) is 34.0 Å². The standard InChI is InChI=1S/C14H15N7S/c1-21(2)14-19-11(18-13(16)20-14)9(6-15)5-10-7-22-12(17-10)8-3-4-8/h5,7-8H,3-4H2,1-2H3,(H2,16,18,19,20)/b9-5-. The van der Waals surface area contributed by atoms with Crippen molar-refractivity contribution >= 4 is 34.9 Å². The molecule has 0 radical (unpaired) electrons. The van der Waals surface area contributed by atoms with Crippen LogP contribution in [0, 0.1) is 11.3 Å². The van der Waals surface area contributed by atoms with E-state index in [1.807, 2.05) is 5.38 Å². The Hall–Kier alpha value is -2.53. The van der Waals surface area contributed by atoms with Crippen molar-refractivity contribution in [2.24, 2.45) is 0 Å². The van der Waals surface area contributed by atoms with Crippen molar-refractivity contribution in [2.45, 2.75) is 18.8 Å². The molecule has 7 nitrogen and oxygen atoms in total. The fourth-order valence-corrected chi connectivity index (χ4v) is 2.83. The van der Waals surface area contributed by atoms with E-state index in [1.165, 1.54) is 12.8 Å². The quantitative estimate of drug-likeness (QED) is 0.860. The molecule has 0 amide bonds. The zero-order chi connectivity index (χ0) is 15.7. The predicted octanol–water partition coefficient (Wildman–Crippen LogP) is 1.92. The lowest BCUT2D eigenvalue weighted by Crippen LogP contribution is -2.15. The summed E-state index contributed by atoms with van der Waals surface area (Å²) in [7, 11) is 3.60. The van der Waals surface area contributed by atoms with Crippen LogP contribution in [0.4, 0.5) is 11.9 Å². The maximum Gasteiger partial charge on any atom is 0.230 e. The zero-order valence-corrected chi connectivity index (χ0v) is 13.1. The van der Waals surface area contributed by atoms with Crippen molar-refractivity contribution in [1.29, 1.82) is 5.26 Å². The third-order valence-electron chi connectivity index (χ3n) is 3.16. The number of hydrogen-bond donors (Lipinski definition) is 1. The van der Waals surface area contributed by atoms with E-state index in [0.29, 0.717) is 17.4 Å². The summed E-state index contributed by atoms with van der Waals surface area (Å²) in [6.45, 7) is 0. The Kier molecular flexibility index (Phi) is 3.73. The second-order valence-electron chi connectivity index (χ2n) is 5.27. The molecule has 0 aromatic carbocycles. The minimum absolute atomic E-state index is 0.0896. The fraction of sp³-hybridized carbons (Fsp3) is 0.357. The van der Waals surface area contributed by atoms with Gasteiger partial charge in [-0.1, -0.05) is 0 Å². The van der Waals surface area contributed by atoms with Gasteiger partial charge in [0.25, 0.3) is 0 Å². The normalized spacial score (nSPS) is 14.7. The Labute approximate surface area is 132 Å². The van der Waals surface area contributed by atoms with E-state index >= 15 is 0 Å². The van der Waals surface area contributed by atoms with Gasteiger partial charge in [0.2, 0.25) is 11.9 Å². The second kappa shape index (κ2) is 5.69. The molecule has 1 saturated carbocycles. The lowest BCUT2D eigenvalue weighted by molar-refractivity contribution is 0.952. The summed E-state index contributed by atoms with van der Waals surface area (Å²) >= 11 is 1.63. The lowest BCUT2D eigenvalue weighted by atomic mass is 10.2. The molecule has 112 valence electrons. The molecule has 0 unspecified atom stereocenters. The van der Waals surface area contributed by atoms with Crippen LogP contribution in [0.1, 0.15) is 35.3 Å². The smallest absolute Gasteiger partial charge is 0.230 e. The second-order valence-corrected chi connectivity index (χ2v) is 6.16. The molecule has 22 heavy (non-hydrogen) atoms. The summed E-state index contributed by atoms with van der Waals surface area (Å²) in [6, 6.07) is 2.11. The first-order valence-electron chi connectivity index (χ1n) is 6.83. The molecule has 2 aromatic rings. The highest BCUT2D eigenvalue weighted by molar-refractivity contribution is 7.09. The average Bonchev–Trinajstić information content (AvgIpc) is 3.23. The van der Waals surface area contributed by atoms with Crippen LogP contribution in [0.2, 0.25) is 0 Å². The zero-order valence-electron chi connectivity index (χ0n) is 12.3. The van der Waals surface area contributed by atoms with E-state index in [4.69, 9.17) is 5.73 Å². The minimum Gasteiger partial charge on any atom is -0.368 e. The van der Waals surface area contributed by atoms with E-state index < -0.39 is 0 Å². The van der Waals surface area contributed by atoms with Gasteiger partial charge >= 0.3 is 0 Å². The maximum absolute atomic E-state index is 9.39. The Morgan fingerprint density at radius 3 is 2.77 bits per heavy atom. The molecule has 0 bridgehead atoms. The van der Waals surface area contributed by atoms with Crippen LogP contribution in [-0.2, 0) is 0 Å². The van der Waals surface area contributed by atoms with Gasteiger partial charge < -0.3 is 10.6 Å². The molecule has 0 aliphatic heterocycles. The number of thiazole rings is 1. The number of nitrogens with two attached hydrogens (primary N) is 1. The number of nitrogens with zero attached hydrogens (tertiary/aromatic N) is 6. The van der Waals surface area contributed by atoms with E-state index in [2.05, 4.69) is 26.0 Å². The number of nitriles is 1. The summed E-state index contributed by atoms with van der Waals surface area (Å²) < 4.78 is 0. The van der Waals surface area contributed by atoms with Gasteiger partial charge in [-0.25, -0.2) is 4.98 Å².